The molecule has 1 aromatic carbocycles. The monoisotopic (exact) mass is 283 g/mol. The van der Waals surface area contributed by atoms with Crippen LogP contribution in [-0.2, 0) is 6.54 Å². The molecule has 1 aromatic heterocycles. The Labute approximate surface area is 115 Å². The van der Waals surface area contributed by atoms with Crippen molar-refractivity contribution in [3.05, 3.63) is 45.9 Å². The van der Waals surface area contributed by atoms with Crippen LogP contribution in [0.25, 0.3) is 0 Å². The molecule has 0 saturated heterocycles. The number of aromatic nitrogens is 2. The van der Waals surface area contributed by atoms with Crippen LogP contribution < -0.4 is 5.32 Å². The molecule has 1 atom stereocenters. The lowest BCUT2D eigenvalue weighted by molar-refractivity contribution is 0.265. The average Bonchev–Trinajstić information content (AvgIpc) is 2.81. The van der Waals surface area contributed by atoms with Gasteiger partial charge < -0.3 is 10.4 Å². The van der Waals surface area contributed by atoms with Gasteiger partial charge in [0.2, 0.25) is 0 Å². The third kappa shape index (κ3) is 3.49. The number of hydrogen-bond acceptors (Lipinski definition) is 5. The third-order valence-corrected chi connectivity index (χ3v) is 3.63. The van der Waals surface area contributed by atoms with Gasteiger partial charge in [-0.1, -0.05) is 46.4 Å². The Morgan fingerprint density at radius 1 is 1.33 bits per heavy atom. The van der Waals surface area contributed by atoms with Gasteiger partial charge >= 0.3 is 0 Å². The molecule has 0 amide bonds. The van der Waals surface area contributed by atoms with E-state index in [0.29, 0.717) is 17.3 Å². The van der Waals surface area contributed by atoms with Crippen LogP contribution in [0.4, 0.5) is 0 Å². The van der Waals surface area contributed by atoms with Gasteiger partial charge in [0, 0.05) is 30.7 Å². The minimum absolute atomic E-state index is 0.0916. The zero-order chi connectivity index (χ0) is 12.8. The molecular formula is C12H14ClN3OS. The molecule has 1 unspecified atom stereocenters. The summed E-state index contributed by atoms with van der Waals surface area (Å²) in [5.74, 6) is 0. The van der Waals surface area contributed by atoms with Crippen molar-refractivity contribution < 1.29 is 5.11 Å². The maximum atomic E-state index is 9.12. The van der Waals surface area contributed by atoms with Crippen LogP contribution in [0.15, 0.2) is 30.3 Å². The van der Waals surface area contributed by atoms with E-state index in [-0.39, 0.29) is 12.6 Å². The molecule has 1 heterocycles. The maximum Gasteiger partial charge on any atom is 0.138 e. The van der Waals surface area contributed by atoms with E-state index in [1.807, 2.05) is 30.3 Å². The Morgan fingerprint density at radius 3 is 2.72 bits per heavy atom. The van der Waals surface area contributed by atoms with Crippen molar-refractivity contribution in [3.8, 4) is 0 Å². The van der Waals surface area contributed by atoms with Crippen LogP contribution in [0.2, 0.25) is 4.34 Å². The van der Waals surface area contributed by atoms with Gasteiger partial charge in [0.25, 0.3) is 0 Å². The van der Waals surface area contributed by atoms with Crippen molar-refractivity contribution in [2.45, 2.75) is 19.0 Å². The van der Waals surface area contributed by atoms with Crippen molar-refractivity contribution in [1.82, 2.24) is 14.9 Å². The van der Waals surface area contributed by atoms with Gasteiger partial charge in [-0.25, -0.2) is 0 Å². The van der Waals surface area contributed by atoms with Gasteiger partial charge in [0.1, 0.15) is 10.0 Å². The first-order chi connectivity index (χ1) is 8.81. The number of hydrogen-bond donors (Lipinski definition) is 2. The second-order valence-corrected chi connectivity index (χ2v) is 5.21. The predicted molar refractivity (Wildman–Crippen MR) is 72.6 cm³/mol. The van der Waals surface area contributed by atoms with Crippen LogP contribution >= 0.6 is 23.1 Å². The van der Waals surface area contributed by atoms with Crippen LogP contribution in [0, 0.1) is 0 Å². The Kier molecular flexibility index (Phi) is 5.07. The fourth-order valence-corrected chi connectivity index (χ4v) is 2.35. The molecule has 0 bridgehead atoms. The van der Waals surface area contributed by atoms with E-state index in [0.717, 1.165) is 11.3 Å². The summed E-state index contributed by atoms with van der Waals surface area (Å²) < 4.78 is 4.40. The summed E-state index contributed by atoms with van der Waals surface area (Å²) in [6.07, 6.45) is 0.652. The molecule has 18 heavy (non-hydrogen) atoms. The second kappa shape index (κ2) is 6.80. The summed E-state index contributed by atoms with van der Waals surface area (Å²) in [4.78, 5) is 0. The largest absolute Gasteiger partial charge is 0.396 e. The zero-order valence-electron chi connectivity index (χ0n) is 9.71. The summed E-state index contributed by atoms with van der Waals surface area (Å²) >= 11 is 7.13. The van der Waals surface area contributed by atoms with Gasteiger partial charge in [-0.2, -0.15) is 0 Å². The summed E-state index contributed by atoms with van der Waals surface area (Å²) in [6.45, 7) is 0.685. The molecule has 0 aliphatic heterocycles. The summed E-state index contributed by atoms with van der Waals surface area (Å²) in [5.41, 5.74) is 1.89. The highest BCUT2D eigenvalue weighted by atomic mass is 35.5. The first-order valence-electron chi connectivity index (χ1n) is 5.67. The second-order valence-electron chi connectivity index (χ2n) is 3.85. The average molecular weight is 284 g/mol. The van der Waals surface area contributed by atoms with Crippen LogP contribution in [0.5, 0.6) is 0 Å². The molecule has 4 nitrogen and oxygen atoms in total. The fourth-order valence-electron chi connectivity index (χ4n) is 1.72. The van der Waals surface area contributed by atoms with E-state index < -0.39 is 0 Å². The zero-order valence-corrected chi connectivity index (χ0v) is 11.3. The Hall–Kier alpha value is -1.01. The van der Waals surface area contributed by atoms with E-state index in [2.05, 4.69) is 14.9 Å². The standard InChI is InChI=1S/C12H14ClN3OS/c13-12-11(15-16-18-12)8-14-10(6-7-17)9-4-2-1-3-5-9/h1-5,10,14,17H,6-8H2. The fraction of sp³-hybridized carbons (Fsp3) is 0.333. The molecule has 0 aliphatic carbocycles. The topological polar surface area (TPSA) is 58.0 Å². The molecule has 0 saturated carbocycles. The molecular weight excluding hydrogens is 270 g/mol. The van der Waals surface area contributed by atoms with Crippen LogP contribution in [0.3, 0.4) is 0 Å². The van der Waals surface area contributed by atoms with Gasteiger partial charge in [-0.15, -0.1) is 5.10 Å². The van der Waals surface area contributed by atoms with E-state index in [1.54, 1.807) is 0 Å². The van der Waals surface area contributed by atoms with Gasteiger partial charge in [-0.3, -0.25) is 0 Å². The van der Waals surface area contributed by atoms with Crippen molar-refractivity contribution >= 4 is 23.1 Å². The van der Waals surface area contributed by atoms with E-state index in [1.165, 1.54) is 11.5 Å². The molecule has 0 spiro atoms. The number of rotatable bonds is 6. The van der Waals surface area contributed by atoms with Gasteiger partial charge in [0.15, 0.2) is 0 Å². The molecule has 6 heteroatoms. The van der Waals surface area contributed by atoms with E-state index >= 15 is 0 Å². The highest BCUT2D eigenvalue weighted by molar-refractivity contribution is 7.10. The van der Waals surface area contributed by atoms with E-state index in [9.17, 15) is 0 Å². The Balaban J connectivity index is 2.01. The first-order valence-corrected chi connectivity index (χ1v) is 6.82. The van der Waals surface area contributed by atoms with Crippen molar-refractivity contribution in [2.75, 3.05) is 6.61 Å². The molecule has 0 aliphatic rings. The summed E-state index contributed by atoms with van der Waals surface area (Å²) in [7, 11) is 0. The number of halogens is 1. The first kappa shape index (κ1) is 13.4. The highest BCUT2D eigenvalue weighted by Crippen LogP contribution is 2.20. The van der Waals surface area contributed by atoms with Crippen molar-refractivity contribution in [3.63, 3.8) is 0 Å². The number of aliphatic hydroxyl groups is 1. The lowest BCUT2D eigenvalue weighted by Crippen LogP contribution is -2.22. The minimum atomic E-state index is 0.0916. The number of benzene rings is 1. The highest BCUT2D eigenvalue weighted by Gasteiger charge is 2.12. The third-order valence-electron chi connectivity index (χ3n) is 2.65. The maximum absolute atomic E-state index is 9.12. The molecule has 2 rings (SSSR count). The molecule has 96 valence electrons. The quantitative estimate of drug-likeness (QED) is 0.855. The predicted octanol–water partition coefficient (Wildman–Crippen LogP) is 2.40. The molecule has 0 radical (unpaired) electrons. The van der Waals surface area contributed by atoms with Crippen molar-refractivity contribution in [1.29, 1.82) is 0 Å². The summed E-state index contributed by atoms with van der Waals surface area (Å²) in [6, 6.07) is 10.1. The smallest absolute Gasteiger partial charge is 0.138 e. The SMILES string of the molecule is OCCC(NCc1nnsc1Cl)c1ccccc1. The Bertz CT molecular complexity index is 477. The Morgan fingerprint density at radius 2 is 2.11 bits per heavy atom. The van der Waals surface area contributed by atoms with Crippen LogP contribution in [0.1, 0.15) is 23.7 Å². The molecule has 2 aromatic rings. The van der Waals surface area contributed by atoms with Gasteiger partial charge in [0.05, 0.1) is 0 Å². The number of nitrogens with one attached hydrogen (secondary N) is 1. The summed E-state index contributed by atoms with van der Waals surface area (Å²) in [5, 5.41) is 16.4. The molecule has 2 N–H and O–H groups in total. The lowest BCUT2D eigenvalue weighted by Gasteiger charge is -2.17. The van der Waals surface area contributed by atoms with Crippen molar-refractivity contribution in [2.24, 2.45) is 0 Å². The minimum Gasteiger partial charge on any atom is -0.396 e. The van der Waals surface area contributed by atoms with Gasteiger partial charge in [-0.05, 0) is 12.0 Å². The number of aliphatic hydroxyl groups excluding tert-OH is 1. The number of nitrogens with zero attached hydrogens (tertiary/aromatic N) is 2. The normalized spacial score (nSPS) is 12.6. The molecule has 0 fully saturated rings. The van der Waals surface area contributed by atoms with E-state index in [4.69, 9.17) is 16.7 Å². The lowest BCUT2D eigenvalue weighted by atomic mass is 10.0. The van der Waals surface area contributed by atoms with Crippen LogP contribution in [-0.4, -0.2) is 21.3 Å².